The molecule has 0 radical (unpaired) electrons. The standard InChI is InChI=1S/C20H22N6O3.2ClH/c21-8-15-10-24-26-11-17(29-13-16(28)12-27)7-18(20(15)26)14-1-2-19(23-9-14)25-5-3-22-4-6-25;;/h1-2,7,9-11,16,22,27-28H,3-6,12-13H2;2*1H/t16-;;/m0../s1. The monoisotopic (exact) mass is 466 g/mol. The Balaban J connectivity index is 0.00000171. The second-order valence-corrected chi connectivity index (χ2v) is 6.84. The highest BCUT2D eigenvalue weighted by molar-refractivity contribution is 5.86. The first-order valence-electron chi connectivity index (χ1n) is 9.45. The molecule has 1 aliphatic heterocycles. The van der Waals surface area contributed by atoms with Gasteiger partial charge in [0.1, 0.15) is 30.3 Å². The van der Waals surface area contributed by atoms with Crippen LogP contribution in [0.15, 0.2) is 36.8 Å². The second-order valence-electron chi connectivity index (χ2n) is 6.84. The summed E-state index contributed by atoms with van der Waals surface area (Å²) in [5.41, 5.74) is 2.71. The van der Waals surface area contributed by atoms with Gasteiger partial charge in [-0.1, -0.05) is 0 Å². The van der Waals surface area contributed by atoms with E-state index >= 15 is 0 Å². The van der Waals surface area contributed by atoms with Gasteiger partial charge in [-0.15, -0.1) is 24.8 Å². The van der Waals surface area contributed by atoms with Gasteiger partial charge in [0, 0.05) is 43.5 Å². The van der Waals surface area contributed by atoms with E-state index in [4.69, 9.17) is 9.84 Å². The van der Waals surface area contributed by atoms with Gasteiger partial charge in [-0.25, -0.2) is 9.50 Å². The normalized spacial score (nSPS) is 14.3. The highest BCUT2D eigenvalue weighted by Crippen LogP contribution is 2.31. The fraction of sp³-hybridized carbons (Fsp3) is 0.350. The molecule has 3 aromatic rings. The van der Waals surface area contributed by atoms with E-state index in [1.165, 1.54) is 6.20 Å². The van der Waals surface area contributed by atoms with Gasteiger partial charge in [0.2, 0.25) is 0 Å². The molecule has 0 aliphatic carbocycles. The van der Waals surface area contributed by atoms with Crippen molar-refractivity contribution < 1.29 is 14.9 Å². The average molecular weight is 467 g/mol. The molecule has 4 heterocycles. The number of anilines is 1. The Morgan fingerprint density at radius 1 is 1.23 bits per heavy atom. The molecular weight excluding hydrogens is 443 g/mol. The number of aliphatic hydroxyl groups excluding tert-OH is 2. The Morgan fingerprint density at radius 2 is 2.00 bits per heavy atom. The lowest BCUT2D eigenvalue weighted by molar-refractivity contribution is 0.0534. The van der Waals surface area contributed by atoms with E-state index in [9.17, 15) is 10.4 Å². The molecule has 0 saturated carbocycles. The number of hydrogen-bond donors (Lipinski definition) is 3. The molecule has 3 N–H and O–H groups in total. The van der Waals surface area contributed by atoms with Crippen molar-refractivity contribution in [2.24, 2.45) is 0 Å². The third-order valence-corrected chi connectivity index (χ3v) is 4.86. The number of hydrogen-bond acceptors (Lipinski definition) is 8. The van der Waals surface area contributed by atoms with Crippen molar-refractivity contribution in [3.63, 3.8) is 0 Å². The largest absolute Gasteiger partial charge is 0.489 e. The molecule has 3 aromatic heterocycles. The van der Waals surface area contributed by atoms with Gasteiger partial charge in [-0.3, -0.25) is 0 Å². The lowest BCUT2D eigenvalue weighted by atomic mass is 10.1. The summed E-state index contributed by atoms with van der Waals surface area (Å²) in [6.07, 6.45) is 3.97. The van der Waals surface area contributed by atoms with Gasteiger partial charge in [0.05, 0.1) is 30.1 Å². The predicted molar refractivity (Wildman–Crippen MR) is 121 cm³/mol. The maximum Gasteiger partial charge on any atom is 0.138 e. The third-order valence-electron chi connectivity index (χ3n) is 4.86. The van der Waals surface area contributed by atoms with Gasteiger partial charge in [0.25, 0.3) is 0 Å². The quantitative estimate of drug-likeness (QED) is 0.496. The number of halogens is 2. The molecule has 4 rings (SSSR count). The van der Waals surface area contributed by atoms with Crippen LogP contribution in [-0.2, 0) is 0 Å². The van der Waals surface area contributed by atoms with Crippen molar-refractivity contribution in [1.29, 1.82) is 5.26 Å². The SMILES string of the molecule is Cl.Cl.N#Cc1cnn2cc(OC[C@@H](O)CO)cc(-c3ccc(N4CCNCC4)nc3)c12. The van der Waals surface area contributed by atoms with Crippen molar-refractivity contribution in [3.8, 4) is 22.9 Å². The van der Waals surface area contributed by atoms with E-state index in [0.717, 1.165) is 43.1 Å². The zero-order valence-corrected chi connectivity index (χ0v) is 18.3. The predicted octanol–water partition coefficient (Wildman–Crippen LogP) is 1.25. The molecule has 0 bridgehead atoms. The average Bonchev–Trinajstić information content (AvgIpc) is 3.20. The van der Waals surface area contributed by atoms with Crippen LogP contribution >= 0.6 is 24.8 Å². The van der Waals surface area contributed by atoms with Crippen molar-refractivity contribution >= 4 is 36.1 Å². The van der Waals surface area contributed by atoms with Crippen LogP contribution in [0, 0.1) is 11.3 Å². The van der Waals surface area contributed by atoms with Crippen LogP contribution in [0.3, 0.4) is 0 Å². The number of aromatic nitrogens is 3. The molecule has 1 aliphatic rings. The molecule has 166 valence electrons. The number of aliphatic hydroxyl groups is 2. The minimum Gasteiger partial charge on any atom is -0.489 e. The van der Waals surface area contributed by atoms with Crippen LogP contribution in [0.25, 0.3) is 16.6 Å². The summed E-state index contributed by atoms with van der Waals surface area (Å²) in [6.45, 7) is 3.26. The van der Waals surface area contributed by atoms with Crippen LogP contribution in [0.1, 0.15) is 5.56 Å². The minimum absolute atomic E-state index is 0. The van der Waals surface area contributed by atoms with E-state index in [0.29, 0.717) is 16.8 Å². The summed E-state index contributed by atoms with van der Waals surface area (Å²) in [7, 11) is 0. The molecule has 9 nitrogen and oxygen atoms in total. The van der Waals surface area contributed by atoms with Crippen molar-refractivity contribution in [1.82, 2.24) is 19.9 Å². The molecule has 11 heteroatoms. The van der Waals surface area contributed by atoms with Crippen LogP contribution in [0.2, 0.25) is 0 Å². The van der Waals surface area contributed by atoms with Crippen LogP contribution in [0.5, 0.6) is 5.75 Å². The molecule has 0 aromatic carbocycles. The summed E-state index contributed by atoms with van der Waals surface area (Å²) in [5.74, 6) is 1.39. The number of pyridine rings is 2. The lowest BCUT2D eigenvalue weighted by Crippen LogP contribution is -2.43. The number of fused-ring (bicyclic) bond motifs is 1. The summed E-state index contributed by atoms with van der Waals surface area (Å²) in [5, 5.41) is 35.6. The smallest absolute Gasteiger partial charge is 0.138 e. The highest BCUT2D eigenvalue weighted by Gasteiger charge is 2.16. The fourth-order valence-electron chi connectivity index (χ4n) is 3.35. The fourth-order valence-corrected chi connectivity index (χ4v) is 3.35. The molecule has 0 unspecified atom stereocenters. The summed E-state index contributed by atoms with van der Waals surface area (Å²) < 4.78 is 7.18. The zero-order valence-electron chi connectivity index (χ0n) is 16.6. The van der Waals surface area contributed by atoms with E-state index in [1.807, 2.05) is 12.1 Å². The Labute approximate surface area is 192 Å². The van der Waals surface area contributed by atoms with Gasteiger partial charge in [-0.2, -0.15) is 10.4 Å². The Hall–Kier alpha value is -2.61. The highest BCUT2D eigenvalue weighted by atomic mass is 35.5. The van der Waals surface area contributed by atoms with E-state index < -0.39 is 6.10 Å². The Bertz CT molecular complexity index is 1030. The summed E-state index contributed by atoms with van der Waals surface area (Å²) in [4.78, 5) is 6.84. The second kappa shape index (κ2) is 11.1. The molecule has 0 spiro atoms. The zero-order chi connectivity index (χ0) is 20.2. The maximum absolute atomic E-state index is 9.56. The first-order chi connectivity index (χ1) is 14.2. The topological polar surface area (TPSA) is 119 Å². The molecular formula is C20H24Cl2N6O3. The van der Waals surface area contributed by atoms with Crippen LogP contribution in [0.4, 0.5) is 5.82 Å². The van der Waals surface area contributed by atoms with Crippen LogP contribution < -0.4 is 15.0 Å². The summed E-state index contributed by atoms with van der Waals surface area (Å²) in [6, 6.07) is 7.91. The van der Waals surface area contributed by atoms with Gasteiger partial charge in [-0.05, 0) is 18.2 Å². The number of piperazine rings is 1. The van der Waals surface area contributed by atoms with Gasteiger partial charge in [0.15, 0.2) is 0 Å². The Morgan fingerprint density at radius 3 is 2.65 bits per heavy atom. The van der Waals surface area contributed by atoms with Gasteiger partial charge < -0.3 is 25.2 Å². The van der Waals surface area contributed by atoms with Crippen molar-refractivity contribution in [3.05, 3.63) is 42.4 Å². The Kier molecular flexibility index (Phi) is 8.86. The first kappa shape index (κ1) is 24.7. The molecule has 1 atom stereocenters. The van der Waals surface area contributed by atoms with E-state index in [2.05, 4.69) is 26.4 Å². The maximum atomic E-state index is 9.56. The van der Waals surface area contributed by atoms with Crippen LogP contribution in [-0.4, -0.2) is 70.3 Å². The number of nitriles is 1. The third kappa shape index (κ3) is 5.36. The number of ether oxygens (including phenoxy) is 1. The molecule has 0 amide bonds. The lowest BCUT2D eigenvalue weighted by Gasteiger charge is -2.28. The molecule has 1 fully saturated rings. The van der Waals surface area contributed by atoms with E-state index in [1.54, 1.807) is 23.0 Å². The van der Waals surface area contributed by atoms with Crippen molar-refractivity contribution in [2.75, 3.05) is 44.3 Å². The molecule has 1 saturated heterocycles. The van der Waals surface area contributed by atoms with Gasteiger partial charge >= 0.3 is 0 Å². The first-order valence-corrected chi connectivity index (χ1v) is 9.45. The number of rotatable bonds is 6. The number of nitrogens with one attached hydrogen (secondary N) is 1. The van der Waals surface area contributed by atoms with Crippen molar-refractivity contribution in [2.45, 2.75) is 6.10 Å². The minimum atomic E-state index is -0.971. The van der Waals surface area contributed by atoms with E-state index in [-0.39, 0.29) is 38.0 Å². The number of nitrogens with zero attached hydrogens (tertiary/aromatic N) is 5. The molecule has 31 heavy (non-hydrogen) atoms. The summed E-state index contributed by atoms with van der Waals surface area (Å²) >= 11 is 0.